The van der Waals surface area contributed by atoms with Gasteiger partial charge in [-0.2, -0.15) is 26.3 Å². The smallest absolute Gasteiger partial charge is 0.418 e. The van der Waals surface area contributed by atoms with Gasteiger partial charge < -0.3 is 9.73 Å². The second-order valence-electron chi connectivity index (χ2n) is 5.97. The maximum atomic E-state index is 13.4. The highest BCUT2D eigenvalue weighted by Crippen LogP contribution is 2.36. The standard InChI is InChI=1S/C19H12F6N2O2/c20-18(21,22)13-5-3-11(4-6-13)15(27-17(28)12-7-9-29-10-12)16-14(19(23,24)25)2-1-8-26-16/h1-10,15H,(H,27,28). The molecule has 2 aromatic heterocycles. The Bertz CT molecular complexity index is 979. The molecule has 10 heteroatoms. The van der Waals surface area contributed by atoms with Crippen LogP contribution in [0.1, 0.15) is 38.8 Å². The van der Waals surface area contributed by atoms with Crippen LogP contribution in [0.5, 0.6) is 0 Å². The van der Waals surface area contributed by atoms with Crippen molar-refractivity contribution < 1.29 is 35.6 Å². The largest absolute Gasteiger partial charge is 0.472 e. The van der Waals surface area contributed by atoms with Gasteiger partial charge in [0.25, 0.3) is 5.91 Å². The van der Waals surface area contributed by atoms with Crippen LogP contribution in [0.2, 0.25) is 0 Å². The van der Waals surface area contributed by atoms with Crippen LogP contribution in [0.3, 0.4) is 0 Å². The Balaban J connectivity index is 2.07. The Hall–Kier alpha value is -3.30. The molecule has 1 unspecified atom stereocenters. The number of rotatable bonds is 4. The fourth-order valence-corrected chi connectivity index (χ4v) is 2.67. The predicted octanol–water partition coefficient (Wildman–Crippen LogP) is 5.23. The summed E-state index contributed by atoms with van der Waals surface area (Å²) >= 11 is 0. The first kappa shape index (κ1) is 20.4. The van der Waals surface area contributed by atoms with E-state index in [1.165, 1.54) is 12.3 Å². The monoisotopic (exact) mass is 414 g/mol. The zero-order valence-corrected chi connectivity index (χ0v) is 14.4. The molecule has 0 aliphatic carbocycles. The summed E-state index contributed by atoms with van der Waals surface area (Å²) in [5.74, 6) is -0.776. The fourth-order valence-electron chi connectivity index (χ4n) is 2.67. The van der Waals surface area contributed by atoms with Crippen LogP contribution in [0.15, 0.2) is 65.6 Å². The topological polar surface area (TPSA) is 55.1 Å². The minimum absolute atomic E-state index is 0.000884. The van der Waals surface area contributed by atoms with Crippen molar-refractivity contribution in [3.05, 3.63) is 89.1 Å². The molecular formula is C19H12F6N2O2. The lowest BCUT2D eigenvalue weighted by molar-refractivity contribution is -0.139. The number of aromatic nitrogens is 1. The van der Waals surface area contributed by atoms with E-state index < -0.39 is 41.1 Å². The lowest BCUT2D eigenvalue weighted by atomic mass is 9.97. The van der Waals surface area contributed by atoms with E-state index >= 15 is 0 Å². The molecule has 0 spiro atoms. The zero-order chi connectivity index (χ0) is 21.2. The van der Waals surface area contributed by atoms with Crippen LogP contribution in [-0.4, -0.2) is 10.9 Å². The second kappa shape index (κ2) is 7.61. The molecule has 0 bridgehead atoms. The quantitative estimate of drug-likeness (QED) is 0.595. The summed E-state index contributed by atoms with van der Waals surface area (Å²) < 4.78 is 83.6. The molecule has 1 N–H and O–H groups in total. The Kier molecular flexibility index (Phi) is 5.36. The van der Waals surface area contributed by atoms with Gasteiger partial charge in [0.15, 0.2) is 0 Å². The maximum Gasteiger partial charge on any atom is 0.418 e. The number of benzene rings is 1. The molecule has 0 fully saturated rings. The molecule has 1 aromatic carbocycles. The number of amides is 1. The van der Waals surface area contributed by atoms with E-state index in [4.69, 9.17) is 4.42 Å². The molecular weight excluding hydrogens is 402 g/mol. The summed E-state index contributed by atoms with van der Waals surface area (Å²) in [6.45, 7) is 0. The second-order valence-corrected chi connectivity index (χ2v) is 5.97. The number of nitrogens with one attached hydrogen (secondary N) is 1. The molecule has 3 rings (SSSR count). The zero-order valence-electron chi connectivity index (χ0n) is 14.4. The molecule has 3 aromatic rings. The van der Waals surface area contributed by atoms with Crippen molar-refractivity contribution in [2.75, 3.05) is 0 Å². The maximum absolute atomic E-state index is 13.4. The molecule has 1 amide bonds. The highest BCUT2D eigenvalue weighted by molar-refractivity contribution is 5.94. The van der Waals surface area contributed by atoms with Gasteiger partial charge in [0, 0.05) is 6.20 Å². The molecule has 0 aliphatic rings. The average Bonchev–Trinajstić information content (AvgIpc) is 3.20. The van der Waals surface area contributed by atoms with Gasteiger partial charge in [-0.15, -0.1) is 0 Å². The number of carbonyl (C=O) groups excluding carboxylic acids is 1. The van der Waals surface area contributed by atoms with Gasteiger partial charge in [-0.3, -0.25) is 9.78 Å². The van der Waals surface area contributed by atoms with E-state index in [2.05, 4.69) is 10.3 Å². The molecule has 29 heavy (non-hydrogen) atoms. The van der Waals surface area contributed by atoms with Crippen molar-refractivity contribution in [3.63, 3.8) is 0 Å². The first-order chi connectivity index (χ1) is 13.6. The number of halogens is 6. The summed E-state index contributed by atoms with van der Waals surface area (Å²) in [6.07, 6.45) is -6.01. The highest BCUT2D eigenvalue weighted by atomic mass is 19.4. The van der Waals surface area contributed by atoms with Crippen LogP contribution < -0.4 is 5.32 Å². The molecule has 0 aliphatic heterocycles. The summed E-state index contributed by atoms with van der Waals surface area (Å²) in [4.78, 5) is 16.1. The third-order valence-corrected chi connectivity index (χ3v) is 4.05. The van der Waals surface area contributed by atoms with Crippen molar-refractivity contribution in [3.8, 4) is 0 Å². The number of hydrogen-bond donors (Lipinski definition) is 1. The van der Waals surface area contributed by atoms with Crippen LogP contribution >= 0.6 is 0 Å². The van der Waals surface area contributed by atoms with Gasteiger partial charge >= 0.3 is 12.4 Å². The van der Waals surface area contributed by atoms with E-state index in [1.807, 2.05) is 0 Å². The van der Waals surface area contributed by atoms with Crippen molar-refractivity contribution in [2.45, 2.75) is 18.4 Å². The highest BCUT2D eigenvalue weighted by Gasteiger charge is 2.37. The Morgan fingerprint density at radius 3 is 2.21 bits per heavy atom. The van der Waals surface area contributed by atoms with E-state index in [0.717, 1.165) is 48.9 Å². The predicted molar refractivity (Wildman–Crippen MR) is 88.7 cm³/mol. The summed E-state index contributed by atoms with van der Waals surface area (Å²) in [6, 6.07) is 5.15. The SMILES string of the molecule is O=C(NC(c1ccc(C(F)(F)F)cc1)c1ncccc1C(F)(F)F)c1ccoc1. The first-order valence-corrected chi connectivity index (χ1v) is 8.09. The van der Waals surface area contributed by atoms with Crippen molar-refractivity contribution in [1.82, 2.24) is 10.3 Å². The van der Waals surface area contributed by atoms with Gasteiger partial charge in [0.05, 0.1) is 34.7 Å². The molecule has 0 radical (unpaired) electrons. The van der Waals surface area contributed by atoms with E-state index in [-0.39, 0.29) is 11.1 Å². The lowest BCUT2D eigenvalue weighted by Gasteiger charge is -2.22. The van der Waals surface area contributed by atoms with Crippen LogP contribution in [-0.2, 0) is 12.4 Å². The Labute approximate surface area is 160 Å². The molecule has 1 atom stereocenters. The van der Waals surface area contributed by atoms with Crippen LogP contribution in [0, 0.1) is 0 Å². The normalized spacial score (nSPS) is 13.2. The Morgan fingerprint density at radius 2 is 1.66 bits per heavy atom. The van der Waals surface area contributed by atoms with Gasteiger partial charge in [0.1, 0.15) is 6.26 Å². The first-order valence-electron chi connectivity index (χ1n) is 8.09. The number of hydrogen-bond acceptors (Lipinski definition) is 3. The van der Waals surface area contributed by atoms with E-state index in [9.17, 15) is 31.1 Å². The summed E-state index contributed by atoms with van der Waals surface area (Å²) in [5.41, 5.74) is -2.60. The molecule has 0 saturated carbocycles. The summed E-state index contributed by atoms with van der Waals surface area (Å²) in [7, 11) is 0. The molecule has 152 valence electrons. The third kappa shape index (κ3) is 4.58. The van der Waals surface area contributed by atoms with E-state index in [0.29, 0.717) is 0 Å². The van der Waals surface area contributed by atoms with E-state index in [1.54, 1.807) is 0 Å². The molecule has 4 nitrogen and oxygen atoms in total. The minimum Gasteiger partial charge on any atom is -0.472 e. The van der Waals surface area contributed by atoms with Gasteiger partial charge in [-0.1, -0.05) is 12.1 Å². The minimum atomic E-state index is -4.78. The number of alkyl halides is 6. The molecule has 0 saturated heterocycles. The average molecular weight is 414 g/mol. The fraction of sp³-hybridized carbons (Fsp3) is 0.158. The van der Waals surface area contributed by atoms with Gasteiger partial charge in [-0.25, -0.2) is 0 Å². The van der Waals surface area contributed by atoms with Crippen LogP contribution in [0.25, 0.3) is 0 Å². The van der Waals surface area contributed by atoms with Gasteiger partial charge in [0.2, 0.25) is 0 Å². The van der Waals surface area contributed by atoms with Crippen molar-refractivity contribution in [2.24, 2.45) is 0 Å². The number of nitrogens with zero attached hydrogens (tertiary/aromatic N) is 1. The van der Waals surface area contributed by atoms with Crippen LogP contribution in [0.4, 0.5) is 26.3 Å². The van der Waals surface area contributed by atoms with Crippen molar-refractivity contribution >= 4 is 5.91 Å². The summed E-state index contributed by atoms with van der Waals surface area (Å²) in [5, 5.41) is 2.38. The lowest BCUT2D eigenvalue weighted by Crippen LogP contribution is -2.31. The number of furan rings is 1. The Morgan fingerprint density at radius 1 is 0.966 bits per heavy atom. The van der Waals surface area contributed by atoms with Gasteiger partial charge in [-0.05, 0) is 35.9 Å². The number of pyridine rings is 1. The molecule has 2 heterocycles. The number of carbonyl (C=O) groups is 1. The third-order valence-electron chi connectivity index (χ3n) is 4.05. The van der Waals surface area contributed by atoms with Crippen molar-refractivity contribution in [1.29, 1.82) is 0 Å².